The van der Waals surface area contributed by atoms with Crippen molar-refractivity contribution < 1.29 is 19.4 Å². The molecule has 0 aliphatic heterocycles. The summed E-state index contributed by atoms with van der Waals surface area (Å²) in [4.78, 5) is 21.4. The Bertz CT molecular complexity index is 206. The molecule has 0 radical (unpaired) electrons. The maximum Gasteiger partial charge on any atom is 0.303 e. The molecule has 0 fully saturated rings. The molecule has 1 atom stereocenters. The lowest BCUT2D eigenvalue weighted by Gasteiger charge is -2.10. The first kappa shape index (κ1) is 13.9. The van der Waals surface area contributed by atoms with Gasteiger partial charge in [-0.25, -0.2) is 0 Å². The number of carbonyl (C=O) groups excluding carboxylic acids is 1. The van der Waals surface area contributed by atoms with E-state index in [-0.39, 0.29) is 18.4 Å². The van der Waals surface area contributed by atoms with Crippen LogP contribution in [0.2, 0.25) is 0 Å². The highest BCUT2D eigenvalue weighted by molar-refractivity contribution is 5.75. The first-order valence-electron chi connectivity index (χ1n) is 5.07. The lowest BCUT2D eigenvalue weighted by Crippen LogP contribution is -2.31. The van der Waals surface area contributed by atoms with Crippen LogP contribution in [0.5, 0.6) is 0 Å². The summed E-state index contributed by atoms with van der Waals surface area (Å²) in [5.74, 6) is -0.868. The highest BCUT2D eigenvalue weighted by Gasteiger charge is 2.04. The van der Waals surface area contributed by atoms with Gasteiger partial charge in [0.2, 0.25) is 5.91 Å². The SMILES string of the molecule is COC(C)CNC(=O)CCCCC(=O)O. The van der Waals surface area contributed by atoms with Crippen molar-refractivity contribution >= 4 is 11.9 Å². The number of carboxylic acids is 1. The standard InChI is InChI=1S/C10H19NO4/c1-8(15-2)7-11-9(12)5-3-4-6-10(13)14/h8H,3-7H2,1-2H3,(H,11,12)(H,13,14). The maximum atomic E-state index is 11.2. The predicted molar refractivity (Wildman–Crippen MR) is 55.6 cm³/mol. The second kappa shape index (κ2) is 8.23. The Hall–Kier alpha value is -1.10. The molecule has 15 heavy (non-hydrogen) atoms. The molecule has 5 nitrogen and oxygen atoms in total. The quantitative estimate of drug-likeness (QED) is 0.589. The van der Waals surface area contributed by atoms with Crippen LogP contribution in [-0.2, 0) is 14.3 Å². The van der Waals surface area contributed by atoms with Crippen LogP contribution < -0.4 is 5.32 Å². The minimum Gasteiger partial charge on any atom is -0.481 e. The van der Waals surface area contributed by atoms with Gasteiger partial charge in [0, 0.05) is 26.5 Å². The van der Waals surface area contributed by atoms with Gasteiger partial charge in [-0.3, -0.25) is 9.59 Å². The number of nitrogens with one attached hydrogen (secondary N) is 1. The summed E-state index contributed by atoms with van der Waals surface area (Å²) in [5.41, 5.74) is 0. The van der Waals surface area contributed by atoms with Crippen molar-refractivity contribution in [1.82, 2.24) is 5.32 Å². The van der Waals surface area contributed by atoms with Gasteiger partial charge in [0.1, 0.15) is 0 Å². The fourth-order valence-electron chi connectivity index (χ4n) is 0.991. The molecule has 88 valence electrons. The summed E-state index contributed by atoms with van der Waals surface area (Å²) in [6, 6.07) is 0. The number of amides is 1. The Morgan fingerprint density at radius 3 is 2.47 bits per heavy atom. The minimum absolute atomic E-state index is 0.00738. The van der Waals surface area contributed by atoms with Crippen LogP contribution in [0, 0.1) is 0 Å². The summed E-state index contributed by atoms with van der Waals surface area (Å²) >= 11 is 0. The molecule has 0 rings (SSSR count). The maximum absolute atomic E-state index is 11.2. The summed E-state index contributed by atoms with van der Waals surface area (Å²) < 4.78 is 4.97. The predicted octanol–water partition coefficient (Wildman–Crippen LogP) is 0.782. The number of ether oxygens (including phenoxy) is 1. The monoisotopic (exact) mass is 217 g/mol. The topological polar surface area (TPSA) is 75.6 Å². The van der Waals surface area contributed by atoms with Gasteiger partial charge in [-0.15, -0.1) is 0 Å². The Labute approximate surface area is 89.8 Å². The molecule has 2 N–H and O–H groups in total. The molecule has 0 aromatic rings. The molecule has 0 heterocycles. The summed E-state index contributed by atoms with van der Waals surface area (Å²) in [6.45, 7) is 2.36. The van der Waals surface area contributed by atoms with Crippen molar-refractivity contribution in [3.05, 3.63) is 0 Å². The number of carboxylic acid groups (broad SMARTS) is 1. The Morgan fingerprint density at radius 1 is 1.33 bits per heavy atom. The van der Waals surface area contributed by atoms with E-state index in [0.717, 1.165) is 0 Å². The van der Waals surface area contributed by atoms with E-state index in [4.69, 9.17) is 9.84 Å². The van der Waals surface area contributed by atoms with E-state index in [9.17, 15) is 9.59 Å². The van der Waals surface area contributed by atoms with Gasteiger partial charge in [0.25, 0.3) is 0 Å². The molecule has 0 bridgehead atoms. The molecule has 1 unspecified atom stereocenters. The van der Waals surface area contributed by atoms with Crippen LogP contribution in [0.4, 0.5) is 0 Å². The van der Waals surface area contributed by atoms with E-state index in [2.05, 4.69) is 5.32 Å². The summed E-state index contributed by atoms with van der Waals surface area (Å²) in [6.07, 6.45) is 1.67. The number of hydrogen-bond acceptors (Lipinski definition) is 3. The van der Waals surface area contributed by atoms with Crippen LogP contribution in [0.15, 0.2) is 0 Å². The first-order valence-corrected chi connectivity index (χ1v) is 5.07. The van der Waals surface area contributed by atoms with Crippen molar-refractivity contribution in [1.29, 1.82) is 0 Å². The highest BCUT2D eigenvalue weighted by atomic mass is 16.5. The largest absolute Gasteiger partial charge is 0.481 e. The third-order valence-electron chi connectivity index (χ3n) is 2.03. The average molecular weight is 217 g/mol. The second-order valence-electron chi connectivity index (χ2n) is 3.45. The third kappa shape index (κ3) is 9.21. The van der Waals surface area contributed by atoms with Crippen molar-refractivity contribution in [3.63, 3.8) is 0 Å². The van der Waals surface area contributed by atoms with E-state index < -0.39 is 5.97 Å². The van der Waals surface area contributed by atoms with Crippen LogP contribution in [0.3, 0.4) is 0 Å². The zero-order valence-corrected chi connectivity index (χ0v) is 9.28. The third-order valence-corrected chi connectivity index (χ3v) is 2.03. The lowest BCUT2D eigenvalue weighted by molar-refractivity contribution is -0.137. The van der Waals surface area contributed by atoms with Crippen molar-refractivity contribution in [2.24, 2.45) is 0 Å². The number of aliphatic carboxylic acids is 1. The highest BCUT2D eigenvalue weighted by Crippen LogP contribution is 1.99. The molecule has 0 saturated carbocycles. The smallest absolute Gasteiger partial charge is 0.303 e. The van der Waals surface area contributed by atoms with Crippen LogP contribution in [-0.4, -0.2) is 36.7 Å². The zero-order valence-electron chi connectivity index (χ0n) is 9.28. The molecule has 5 heteroatoms. The van der Waals surface area contributed by atoms with Gasteiger partial charge in [0.05, 0.1) is 6.10 Å². The van der Waals surface area contributed by atoms with Crippen molar-refractivity contribution in [2.45, 2.75) is 38.7 Å². The number of rotatable bonds is 8. The first-order chi connectivity index (χ1) is 7.06. The van der Waals surface area contributed by atoms with Crippen LogP contribution >= 0.6 is 0 Å². The molecule has 1 amide bonds. The van der Waals surface area contributed by atoms with Gasteiger partial charge in [0.15, 0.2) is 0 Å². The number of methoxy groups -OCH3 is 1. The molecule has 0 aromatic heterocycles. The fourth-order valence-corrected chi connectivity index (χ4v) is 0.991. The average Bonchev–Trinajstić information content (AvgIpc) is 2.20. The van der Waals surface area contributed by atoms with Crippen molar-refractivity contribution in [3.8, 4) is 0 Å². The van der Waals surface area contributed by atoms with Crippen LogP contribution in [0.25, 0.3) is 0 Å². The van der Waals surface area contributed by atoms with Gasteiger partial charge < -0.3 is 15.2 Å². The van der Waals surface area contributed by atoms with Crippen molar-refractivity contribution in [2.75, 3.05) is 13.7 Å². The molecule has 0 aromatic carbocycles. The zero-order chi connectivity index (χ0) is 11.7. The van der Waals surface area contributed by atoms with E-state index in [0.29, 0.717) is 25.8 Å². The van der Waals surface area contributed by atoms with Gasteiger partial charge in [-0.2, -0.15) is 0 Å². The molecular weight excluding hydrogens is 198 g/mol. The number of carbonyl (C=O) groups is 2. The van der Waals surface area contributed by atoms with E-state index in [1.54, 1.807) is 7.11 Å². The van der Waals surface area contributed by atoms with Crippen LogP contribution in [0.1, 0.15) is 32.6 Å². The van der Waals surface area contributed by atoms with Gasteiger partial charge >= 0.3 is 5.97 Å². The minimum atomic E-state index is -0.816. The lowest BCUT2D eigenvalue weighted by atomic mass is 10.2. The molecule has 0 aliphatic rings. The summed E-state index contributed by atoms with van der Waals surface area (Å²) in [7, 11) is 1.59. The number of hydrogen-bond donors (Lipinski definition) is 2. The van der Waals surface area contributed by atoms with Gasteiger partial charge in [-0.05, 0) is 19.8 Å². The molecule has 0 saturated heterocycles. The molecule has 0 spiro atoms. The molecular formula is C10H19NO4. The molecule has 0 aliphatic carbocycles. The Kier molecular flexibility index (Phi) is 7.62. The Morgan fingerprint density at radius 2 is 1.93 bits per heavy atom. The summed E-state index contributed by atoms with van der Waals surface area (Å²) in [5, 5.41) is 11.1. The number of unbranched alkanes of at least 4 members (excludes halogenated alkanes) is 1. The van der Waals surface area contributed by atoms with Gasteiger partial charge in [-0.1, -0.05) is 0 Å². The second-order valence-corrected chi connectivity index (χ2v) is 3.45. The van der Waals surface area contributed by atoms with E-state index in [1.165, 1.54) is 0 Å². The van der Waals surface area contributed by atoms with E-state index in [1.807, 2.05) is 6.92 Å². The Balaban J connectivity index is 3.37. The normalized spacial score (nSPS) is 12.1. The fraction of sp³-hybridized carbons (Fsp3) is 0.800. The van der Waals surface area contributed by atoms with E-state index >= 15 is 0 Å².